The molecule has 1 saturated heterocycles. The Morgan fingerprint density at radius 1 is 1.35 bits per heavy atom. The van der Waals surface area contributed by atoms with Gasteiger partial charge in [-0.15, -0.1) is 0 Å². The van der Waals surface area contributed by atoms with Crippen LogP contribution >= 0.6 is 15.9 Å². The third-order valence-electron chi connectivity index (χ3n) is 5.43. The fourth-order valence-corrected chi connectivity index (χ4v) is 4.13. The van der Waals surface area contributed by atoms with Crippen LogP contribution in [0.1, 0.15) is 19.4 Å². The minimum Gasteiger partial charge on any atom is -0.508 e. The van der Waals surface area contributed by atoms with E-state index in [2.05, 4.69) is 21.2 Å². The van der Waals surface area contributed by atoms with Crippen LogP contribution in [0.15, 0.2) is 34.9 Å². The number of hydrogen-bond acceptors (Lipinski definition) is 8. The Labute approximate surface area is 184 Å². The Balaban J connectivity index is 2.01. The van der Waals surface area contributed by atoms with Crippen molar-refractivity contribution in [1.29, 1.82) is 0 Å². The van der Waals surface area contributed by atoms with Crippen molar-refractivity contribution < 1.29 is 38.8 Å². The van der Waals surface area contributed by atoms with E-state index in [1.165, 1.54) is 12.1 Å². The van der Waals surface area contributed by atoms with Crippen molar-refractivity contribution in [2.45, 2.75) is 49.7 Å². The number of Topliss-reactive ketones (excluding diaryl/α,β-unsaturated/α-hetero) is 2. The topological polar surface area (TPSA) is 162 Å². The molecule has 0 spiro atoms. The molecule has 168 valence electrons. The summed E-state index contributed by atoms with van der Waals surface area (Å²) in [6, 6.07) is 4.99. The Morgan fingerprint density at radius 3 is 2.52 bits per heavy atom. The number of ketones is 2. The highest BCUT2D eigenvalue weighted by Crippen LogP contribution is 2.42. The zero-order valence-corrected chi connectivity index (χ0v) is 18.0. The van der Waals surface area contributed by atoms with E-state index >= 15 is 4.39 Å². The summed E-state index contributed by atoms with van der Waals surface area (Å²) in [4.78, 5) is 37.1. The number of halogens is 2. The normalized spacial score (nSPS) is 34.2. The number of para-hydroxylation sites is 1. The van der Waals surface area contributed by atoms with Crippen molar-refractivity contribution >= 4 is 33.5 Å². The van der Waals surface area contributed by atoms with Gasteiger partial charge in [-0.3, -0.25) is 14.5 Å². The van der Waals surface area contributed by atoms with E-state index in [-0.39, 0.29) is 15.8 Å². The number of nitrogens with one attached hydrogen (secondary N) is 1. The van der Waals surface area contributed by atoms with Crippen molar-refractivity contribution in [1.82, 2.24) is 10.2 Å². The van der Waals surface area contributed by atoms with Gasteiger partial charge in [0, 0.05) is 11.8 Å². The number of amides is 2. The zero-order chi connectivity index (χ0) is 23.3. The second kappa shape index (κ2) is 7.95. The molecule has 12 heteroatoms. The number of carbonyl (C=O) groups excluding carboxylic acids is 3. The molecule has 1 aromatic carbocycles. The molecule has 3 unspecified atom stereocenters. The molecule has 31 heavy (non-hydrogen) atoms. The smallest absolute Gasteiger partial charge is 0.325 e. The average molecular weight is 502 g/mol. The number of rotatable bonds is 5. The predicted molar refractivity (Wildman–Crippen MR) is 107 cm³/mol. The van der Waals surface area contributed by atoms with Crippen LogP contribution in [-0.4, -0.2) is 68.0 Å². The molecule has 0 saturated carbocycles. The molecule has 2 aliphatic rings. The van der Waals surface area contributed by atoms with Crippen LogP contribution in [-0.2, 0) is 20.0 Å². The van der Waals surface area contributed by atoms with E-state index in [1.54, 1.807) is 12.1 Å². The summed E-state index contributed by atoms with van der Waals surface area (Å²) in [5.41, 5.74) is 1.83. The number of benzene rings is 1. The first kappa shape index (κ1) is 23.3. The van der Waals surface area contributed by atoms with E-state index < -0.39 is 53.5 Å². The van der Waals surface area contributed by atoms with Gasteiger partial charge in [0.15, 0.2) is 35.2 Å². The van der Waals surface area contributed by atoms with Crippen LogP contribution in [0.2, 0.25) is 0 Å². The van der Waals surface area contributed by atoms with Crippen LogP contribution in [0.25, 0.3) is 0 Å². The van der Waals surface area contributed by atoms with Crippen LogP contribution in [0.3, 0.4) is 0 Å². The largest absolute Gasteiger partial charge is 0.508 e. The van der Waals surface area contributed by atoms with Crippen molar-refractivity contribution in [2.75, 3.05) is 0 Å². The molecular formula is C19H21BrFN3O7. The molecule has 1 fully saturated rings. The van der Waals surface area contributed by atoms with Gasteiger partial charge in [0.05, 0.1) is 4.48 Å². The maximum atomic E-state index is 15.3. The van der Waals surface area contributed by atoms with Gasteiger partial charge in [-0.25, -0.2) is 9.18 Å². The number of aliphatic hydroxyl groups excluding tert-OH is 1. The number of phenolic OH excluding ortho intramolecular Hbond substituents is 1. The maximum Gasteiger partial charge on any atom is 0.325 e. The number of aliphatic hydroxyl groups is 2. The van der Waals surface area contributed by atoms with Crippen molar-refractivity contribution in [3.05, 3.63) is 40.5 Å². The lowest BCUT2D eigenvalue weighted by molar-refractivity contribution is -0.160. The van der Waals surface area contributed by atoms with E-state index in [0.717, 1.165) is 20.0 Å². The van der Waals surface area contributed by atoms with E-state index in [9.17, 15) is 29.7 Å². The first-order valence-electron chi connectivity index (χ1n) is 9.12. The number of aromatic hydroxyl groups is 1. The molecule has 6 atom stereocenters. The molecule has 1 aromatic rings. The fraction of sp³-hybridized carbons (Fsp3) is 0.421. The lowest BCUT2D eigenvalue weighted by Gasteiger charge is -2.40. The second-order valence-corrected chi connectivity index (χ2v) is 8.28. The van der Waals surface area contributed by atoms with E-state index in [0.29, 0.717) is 4.90 Å². The van der Waals surface area contributed by atoms with Crippen molar-refractivity contribution in [3.8, 4) is 5.75 Å². The summed E-state index contributed by atoms with van der Waals surface area (Å²) in [7, 11) is 0. The van der Waals surface area contributed by atoms with Gasteiger partial charge >= 0.3 is 6.03 Å². The molecule has 6 N–H and O–H groups in total. The highest BCUT2D eigenvalue weighted by Gasteiger charge is 2.64. The number of ether oxygens (including phenoxy) is 1. The maximum absolute atomic E-state index is 15.3. The number of phenols is 1. The SMILES string of the molecule is CC(=O)C(O)[C@H]1O[C@@H](N2C=C(Br)C(N)(c3ccccc3O)NC2=O)C(F)[C@@]1(O)C(C)=O. The third-order valence-corrected chi connectivity index (χ3v) is 6.26. The second-order valence-electron chi connectivity index (χ2n) is 7.43. The van der Waals surface area contributed by atoms with Crippen LogP contribution in [0.4, 0.5) is 9.18 Å². The first-order valence-corrected chi connectivity index (χ1v) is 9.92. The Morgan fingerprint density at radius 2 is 1.97 bits per heavy atom. The highest BCUT2D eigenvalue weighted by molar-refractivity contribution is 9.11. The fourth-order valence-electron chi connectivity index (χ4n) is 3.59. The molecule has 2 amide bonds. The number of hydrogen-bond donors (Lipinski definition) is 5. The van der Waals surface area contributed by atoms with Gasteiger partial charge in [-0.2, -0.15) is 0 Å². The summed E-state index contributed by atoms with van der Waals surface area (Å²) < 4.78 is 20.7. The summed E-state index contributed by atoms with van der Waals surface area (Å²) in [6.45, 7) is 1.86. The van der Waals surface area contributed by atoms with Crippen LogP contribution in [0.5, 0.6) is 5.75 Å². The van der Waals surface area contributed by atoms with Gasteiger partial charge in [0.1, 0.15) is 18.0 Å². The molecule has 0 radical (unpaired) electrons. The van der Waals surface area contributed by atoms with E-state index in [1.807, 2.05) is 0 Å². The Bertz CT molecular complexity index is 976. The van der Waals surface area contributed by atoms with Gasteiger partial charge in [0.25, 0.3) is 0 Å². The average Bonchev–Trinajstić information content (AvgIpc) is 2.96. The lowest BCUT2D eigenvalue weighted by atomic mass is 9.85. The van der Waals surface area contributed by atoms with E-state index in [4.69, 9.17) is 10.5 Å². The van der Waals surface area contributed by atoms with Gasteiger partial charge in [-0.1, -0.05) is 18.2 Å². The first-order chi connectivity index (χ1) is 14.4. The molecule has 2 heterocycles. The highest BCUT2D eigenvalue weighted by atomic mass is 79.9. The lowest BCUT2D eigenvalue weighted by Crippen LogP contribution is -2.62. The van der Waals surface area contributed by atoms with Gasteiger partial charge in [-0.05, 0) is 35.8 Å². The Kier molecular flexibility index (Phi) is 5.97. The minimum atomic E-state index is -2.87. The van der Waals surface area contributed by atoms with Gasteiger partial charge < -0.3 is 31.1 Å². The van der Waals surface area contributed by atoms with Crippen molar-refractivity contribution in [3.63, 3.8) is 0 Å². The minimum absolute atomic E-state index is 0.0823. The number of nitrogens with two attached hydrogens (primary N) is 1. The molecular weight excluding hydrogens is 481 g/mol. The third kappa shape index (κ3) is 3.53. The van der Waals surface area contributed by atoms with Crippen LogP contribution < -0.4 is 11.1 Å². The molecule has 3 rings (SSSR count). The van der Waals surface area contributed by atoms with Crippen molar-refractivity contribution in [2.24, 2.45) is 5.73 Å². The molecule has 0 aliphatic carbocycles. The molecule has 0 bridgehead atoms. The monoisotopic (exact) mass is 501 g/mol. The summed E-state index contributed by atoms with van der Waals surface area (Å²) in [5, 5.41) is 33.3. The quantitative estimate of drug-likeness (QED) is 0.379. The molecule has 0 aromatic heterocycles. The standard InChI is InChI=1S/C19H21BrFN3O7/c1-8(25)13(28)15-18(30,9(2)26)14(21)16(31-15)24-7-12(20)19(22,23-17(24)29)10-5-3-4-6-11(10)27/h3-7,13-16,27-28,30H,22H2,1-2H3,(H,23,29)/t13?,14?,15-,16-,18+,19?/m1/s1. The summed E-state index contributed by atoms with van der Waals surface area (Å²) >= 11 is 3.20. The summed E-state index contributed by atoms with van der Waals surface area (Å²) in [6.07, 6.45) is -7.24. The number of carbonyl (C=O) groups is 3. The number of alkyl halides is 1. The Hall–Kier alpha value is -2.38. The summed E-state index contributed by atoms with van der Waals surface area (Å²) in [5.74, 6) is -2.16. The molecule has 2 aliphatic heterocycles. The predicted octanol–water partition coefficient (Wildman–Crippen LogP) is 0.0982. The number of urea groups is 1. The molecule has 10 nitrogen and oxygen atoms in total. The van der Waals surface area contributed by atoms with Crippen LogP contribution in [0, 0.1) is 0 Å². The number of nitrogens with zero attached hydrogens (tertiary/aromatic N) is 1. The zero-order valence-electron chi connectivity index (χ0n) is 16.5. The van der Waals surface area contributed by atoms with Gasteiger partial charge in [0.2, 0.25) is 0 Å².